The highest BCUT2D eigenvalue weighted by Gasteiger charge is 2.09. The van der Waals surface area contributed by atoms with Gasteiger partial charge < -0.3 is 5.32 Å². The van der Waals surface area contributed by atoms with Crippen LogP contribution in [0.15, 0.2) is 0 Å². The Balaban J connectivity index is 2.49. The third-order valence-electron chi connectivity index (χ3n) is 2.22. The van der Waals surface area contributed by atoms with E-state index >= 15 is 0 Å². The van der Waals surface area contributed by atoms with Crippen molar-refractivity contribution in [2.24, 2.45) is 5.92 Å². The molecule has 0 aromatic carbocycles. The molecule has 0 fully saturated rings. The van der Waals surface area contributed by atoms with Crippen molar-refractivity contribution in [1.82, 2.24) is 15.1 Å². The van der Waals surface area contributed by atoms with Crippen LogP contribution in [-0.4, -0.2) is 34.7 Å². The van der Waals surface area contributed by atoms with Crippen molar-refractivity contribution >= 4 is 16.5 Å². The first-order chi connectivity index (χ1) is 7.65. The fraction of sp³-hybridized carbons (Fsp3) is 0.818. The van der Waals surface area contributed by atoms with E-state index in [9.17, 15) is 0 Å². The Hall–Kier alpha value is -0.680. The van der Waals surface area contributed by atoms with Crippen LogP contribution in [0.25, 0.3) is 0 Å². The molecule has 1 aromatic rings. The van der Waals surface area contributed by atoms with Crippen LogP contribution in [0.4, 0.5) is 5.13 Å². The van der Waals surface area contributed by atoms with E-state index in [0.717, 1.165) is 36.3 Å². The van der Waals surface area contributed by atoms with E-state index in [-0.39, 0.29) is 0 Å². The molecule has 1 N–H and O–H groups in total. The smallest absolute Gasteiger partial charge is 0.205 e. The minimum atomic E-state index is 0.695. The Morgan fingerprint density at radius 1 is 1.31 bits per heavy atom. The van der Waals surface area contributed by atoms with Gasteiger partial charge in [-0.05, 0) is 19.4 Å². The summed E-state index contributed by atoms with van der Waals surface area (Å²) < 4.78 is 0. The Labute approximate surface area is 102 Å². The van der Waals surface area contributed by atoms with Crippen LogP contribution in [0.2, 0.25) is 0 Å². The van der Waals surface area contributed by atoms with Gasteiger partial charge in [0, 0.05) is 13.1 Å². The quantitative estimate of drug-likeness (QED) is 0.797. The van der Waals surface area contributed by atoms with Crippen LogP contribution in [-0.2, 0) is 6.54 Å². The predicted molar refractivity (Wildman–Crippen MR) is 69.9 cm³/mol. The van der Waals surface area contributed by atoms with Crippen LogP contribution in [0.5, 0.6) is 0 Å². The topological polar surface area (TPSA) is 41.1 Å². The van der Waals surface area contributed by atoms with Crippen LogP contribution in [0.1, 0.15) is 32.7 Å². The van der Waals surface area contributed by atoms with Crippen LogP contribution < -0.4 is 5.32 Å². The van der Waals surface area contributed by atoms with Crippen molar-refractivity contribution in [3.63, 3.8) is 0 Å². The Bertz CT molecular complexity index is 298. The number of anilines is 1. The first-order valence-corrected chi connectivity index (χ1v) is 6.75. The molecule has 0 aliphatic carbocycles. The van der Waals surface area contributed by atoms with Gasteiger partial charge in [-0.3, -0.25) is 4.90 Å². The molecule has 0 bridgehead atoms. The average Bonchev–Trinajstić information content (AvgIpc) is 2.64. The zero-order valence-corrected chi connectivity index (χ0v) is 11.5. The summed E-state index contributed by atoms with van der Waals surface area (Å²) in [5, 5.41) is 13.5. The number of aromatic nitrogens is 2. The van der Waals surface area contributed by atoms with E-state index < -0.39 is 0 Å². The monoisotopic (exact) mass is 242 g/mol. The largest absolute Gasteiger partial charge is 0.360 e. The molecule has 0 aliphatic heterocycles. The standard InChI is InChI=1S/C11H22N4S/c1-5-12-11-14-13-10(16-11)8-15(6-2)7-9(3)4/h9H,5-8H2,1-4H3,(H,12,14). The summed E-state index contributed by atoms with van der Waals surface area (Å²) >= 11 is 1.65. The van der Waals surface area contributed by atoms with Crippen molar-refractivity contribution in [2.75, 3.05) is 25.0 Å². The summed E-state index contributed by atoms with van der Waals surface area (Å²) in [6.07, 6.45) is 0. The van der Waals surface area contributed by atoms with E-state index in [1.807, 2.05) is 0 Å². The second kappa shape index (κ2) is 6.81. The minimum Gasteiger partial charge on any atom is -0.360 e. The molecule has 1 heterocycles. The summed E-state index contributed by atoms with van der Waals surface area (Å²) in [6, 6.07) is 0. The molecule has 5 heteroatoms. The third kappa shape index (κ3) is 4.45. The number of nitrogens with one attached hydrogen (secondary N) is 1. The van der Waals surface area contributed by atoms with E-state index in [1.165, 1.54) is 0 Å². The lowest BCUT2D eigenvalue weighted by Crippen LogP contribution is -2.26. The van der Waals surface area contributed by atoms with E-state index in [4.69, 9.17) is 0 Å². The molecule has 0 radical (unpaired) electrons. The highest BCUT2D eigenvalue weighted by molar-refractivity contribution is 7.15. The molecule has 0 spiro atoms. The summed E-state index contributed by atoms with van der Waals surface area (Å²) in [5.41, 5.74) is 0. The van der Waals surface area contributed by atoms with Crippen LogP contribution >= 0.6 is 11.3 Å². The molecule has 0 saturated heterocycles. The van der Waals surface area contributed by atoms with Crippen molar-refractivity contribution < 1.29 is 0 Å². The Morgan fingerprint density at radius 3 is 2.62 bits per heavy atom. The number of hydrogen-bond donors (Lipinski definition) is 1. The molecule has 1 rings (SSSR count). The highest BCUT2D eigenvalue weighted by atomic mass is 32.1. The molecule has 16 heavy (non-hydrogen) atoms. The zero-order chi connectivity index (χ0) is 12.0. The molecule has 0 amide bonds. The second-order valence-corrected chi connectivity index (χ2v) is 5.31. The fourth-order valence-electron chi connectivity index (χ4n) is 1.55. The van der Waals surface area contributed by atoms with Gasteiger partial charge in [-0.25, -0.2) is 0 Å². The lowest BCUT2D eigenvalue weighted by Gasteiger charge is -2.20. The highest BCUT2D eigenvalue weighted by Crippen LogP contribution is 2.16. The lowest BCUT2D eigenvalue weighted by atomic mass is 10.2. The Morgan fingerprint density at radius 2 is 2.06 bits per heavy atom. The van der Waals surface area contributed by atoms with Gasteiger partial charge in [-0.1, -0.05) is 32.1 Å². The average molecular weight is 242 g/mol. The third-order valence-corrected chi connectivity index (χ3v) is 3.09. The van der Waals surface area contributed by atoms with Gasteiger partial charge >= 0.3 is 0 Å². The molecule has 0 saturated carbocycles. The maximum Gasteiger partial charge on any atom is 0.205 e. The molecule has 4 nitrogen and oxygen atoms in total. The van der Waals surface area contributed by atoms with Gasteiger partial charge in [0.05, 0.1) is 6.54 Å². The fourth-order valence-corrected chi connectivity index (χ4v) is 2.40. The lowest BCUT2D eigenvalue weighted by molar-refractivity contribution is 0.247. The molecular weight excluding hydrogens is 220 g/mol. The predicted octanol–water partition coefficient (Wildman–Crippen LogP) is 2.45. The normalized spacial score (nSPS) is 11.4. The van der Waals surface area contributed by atoms with Gasteiger partial charge in [0.25, 0.3) is 0 Å². The van der Waals surface area contributed by atoms with E-state index in [2.05, 4.69) is 48.1 Å². The molecule has 92 valence electrons. The number of hydrogen-bond acceptors (Lipinski definition) is 5. The molecular formula is C11H22N4S. The van der Waals surface area contributed by atoms with Crippen molar-refractivity contribution in [1.29, 1.82) is 0 Å². The molecule has 0 atom stereocenters. The van der Waals surface area contributed by atoms with Crippen molar-refractivity contribution in [2.45, 2.75) is 34.2 Å². The summed E-state index contributed by atoms with van der Waals surface area (Å²) in [7, 11) is 0. The maximum atomic E-state index is 4.19. The molecule has 0 aliphatic rings. The second-order valence-electron chi connectivity index (χ2n) is 4.25. The van der Waals surface area contributed by atoms with Gasteiger partial charge in [-0.15, -0.1) is 10.2 Å². The molecule has 1 aromatic heterocycles. The van der Waals surface area contributed by atoms with Crippen LogP contribution in [0, 0.1) is 5.92 Å². The van der Waals surface area contributed by atoms with E-state index in [1.54, 1.807) is 11.3 Å². The van der Waals surface area contributed by atoms with Gasteiger partial charge in [0.1, 0.15) is 5.01 Å². The first kappa shape index (κ1) is 13.4. The summed E-state index contributed by atoms with van der Waals surface area (Å²) in [5.74, 6) is 0.695. The first-order valence-electron chi connectivity index (χ1n) is 5.94. The number of nitrogens with zero attached hydrogens (tertiary/aromatic N) is 3. The van der Waals surface area contributed by atoms with Gasteiger partial charge in [-0.2, -0.15) is 0 Å². The molecule has 0 unspecified atom stereocenters. The van der Waals surface area contributed by atoms with Crippen molar-refractivity contribution in [3.8, 4) is 0 Å². The zero-order valence-electron chi connectivity index (χ0n) is 10.7. The number of rotatable bonds is 7. The van der Waals surface area contributed by atoms with Gasteiger partial charge in [0.15, 0.2) is 0 Å². The SMILES string of the molecule is CCNc1nnc(CN(CC)CC(C)C)s1. The van der Waals surface area contributed by atoms with Gasteiger partial charge in [0.2, 0.25) is 5.13 Å². The maximum absolute atomic E-state index is 4.19. The summed E-state index contributed by atoms with van der Waals surface area (Å²) in [4.78, 5) is 2.40. The summed E-state index contributed by atoms with van der Waals surface area (Å²) in [6.45, 7) is 12.7. The van der Waals surface area contributed by atoms with Crippen molar-refractivity contribution in [3.05, 3.63) is 5.01 Å². The van der Waals surface area contributed by atoms with E-state index in [0.29, 0.717) is 5.92 Å². The Kier molecular flexibility index (Phi) is 5.69. The van der Waals surface area contributed by atoms with Crippen LogP contribution in [0.3, 0.4) is 0 Å². The minimum absolute atomic E-state index is 0.695.